The van der Waals surface area contributed by atoms with Crippen molar-refractivity contribution in [2.75, 3.05) is 6.61 Å². The number of rotatable bonds is 41. The molecule has 0 rings (SSSR count). The fourth-order valence-electron chi connectivity index (χ4n) is 6.84. The van der Waals surface area contributed by atoms with Crippen molar-refractivity contribution in [2.24, 2.45) is 0 Å². The number of hydrogen-bond donors (Lipinski definition) is 3. The molecule has 0 radical (unpaired) electrons. The summed E-state index contributed by atoms with van der Waals surface area (Å²) in [6.07, 6.45) is 57.0. The summed E-state index contributed by atoms with van der Waals surface area (Å²) in [7, 11) is 0. The molecule has 0 aliphatic rings. The topological polar surface area (TPSA) is 69.6 Å². The normalized spacial score (nSPS) is 13.3. The highest BCUT2D eigenvalue weighted by Gasteiger charge is 2.17. The van der Waals surface area contributed by atoms with E-state index < -0.39 is 12.1 Å². The molecule has 0 saturated carbocycles. The zero-order valence-electron chi connectivity index (χ0n) is 34.4. The first-order valence-electron chi connectivity index (χ1n) is 22.7. The number of unbranched alkanes of at least 4 members (excludes halogenated alkanes) is 30. The van der Waals surface area contributed by atoms with E-state index in [4.69, 9.17) is 0 Å². The second kappa shape index (κ2) is 43.0. The first-order chi connectivity index (χ1) is 25.2. The summed E-state index contributed by atoms with van der Waals surface area (Å²) in [5, 5.41) is 22.9. The van der Waals surface area contributed by atoms with E-state index in [0.29, 0.717) is 6.42 Å². The van der Waals surface area contributed by atoms with Gasteiger partial charge in [0.2, 0.25) is 5.91 Å². The molecule has 0 spiro atoms. The molecule has 0 bridgehead atoms. The third kappa shape index (κ3) is 39.6. The van der Waals surface area contributed by atoms with Crippen LogP contribution in [-0.2, 0) is 4.79 Å². The summed E-state index contributed by atoms with van der Waals surface area (Å²) in [5.41, 5.74) is 0. The van der Waals surface area contributed by atoms with E-state index in [1.165, 1.54) is 180 Å². The Labute approximate surface area is 319 Å². The number of carbonyl (C=O) groups excluding carboxylic acids is 1. The molecule has 4 heteroatoms. The number of hydrogen-bond acceptors (Lipinski definition) is 3. The van der Waals surface area contributed by atoms with Crippen LogP contribution < -0.4 is 5.32 Å². The van der Waals surface area contributed by atoms with Crippen molar-refractivity contribution < 1.29 is 15.0 Å². The van der Waals surface area contributed by atoms with E-state index in [1.807, 2.05) is 6.08 Å². The molecule has 0 aliphatic carbocycles. The molecule has 1 amide bonds. The summed E-state index contributed by atoms with van der Waals surface area (Å²) in [6.45, 7) is 4.25. The Morgan fingerprint density at radius 1 is 0.451 bits per heavy atom. The van der Waals surface area contributed by atoms with Gasteiger partial charge in [-0.1, -0.05) is 230 Å². The lowest BCUT2D eigenvalue weighted by Crippen LogP contribution is -2.45. The van der Waals surface area contributed by atoms with Crippen LogP contribution in [0, 0.1) is 0 Å². The molecule has 0 heterocycles. The number of nitrogens with one attached hydrogen (secondary N) is 1. The second-order valence-corrected chi connectivity index (χ2v) is 15.5. The zero-order valence-corrected chi connectivity index (χ0v) is 34.4. The maximum atomic E-state index is 12.4. The van der Waals surface area contributed by atoms with Crippen LogP contribution in [0.4, 0.5) is 0 Å². The van der Waals surface area contributed by atoms with Crippen molar-refractivity contribution in [1.29, 1.82) is 0 Å². The number of aliphatic hydroxyl groups is 2. The smallest absolute Gasteiger partial charge is 0.220 e. The highest BCUT2D eigenvalue weighted by Crippen LogP contribution is 2.16. The highest BCUT2D eigenvalue weighted by molar-refractivity contribution is 5.76. The average molecular weight is 716 g/mol. The summed E-state index contributed by atoms with van der Waals surface area (Å²) < 4.78 is 0. The van der Waals surface area contributed by atoms with E-state index in [2.05, 4.69) is 43.5 Å². The largest absolute Gasteiger partial charge is 0.394 e. The van der Waals surface area contributed by atoms with Crippen molar-refractivity contribution in [3.05, 3.63) is 36.5 Å². The first-order valence-corrected chi connectivity index (χ1v) is 22.7. The summed E-state index contributed by atoms with van der Waals surface area (Å²) in [5.74, 6) is -0.0761. The molecule has 3 N–H and O–H groups in total. The van der Waals surface area contributed by atoms with Crippen LogP contribution >= 0.6 is 0 Å². The molecule has 0 saturated heterocycles. The Morgan fingerprint density at radius 2 is 0.765 bits per heavy atom. The molecule has 300 valence electrons. The van der Waals surface area contributed by atoms with Gasteiger partial charge in [-0.25, -0.2) is 0 Å². The monoisotopic (exact) mass is 716 g/mol. The lowest BCUT2D eigenvalue weighted by atomic mass is 10.0. The van der Waals surface area contributed by atoms with E-state index in [1.54, 1.807) is 6.08 Å². The van der Waals surface area contributed by atoms with Gasteiger partial charge in [0.05, 0.1) is 18.8 Å². The van der Waals surface area contributed by atoms with E-state index in [9.17, 15) is 15.0 Å². The first kappa shape index (κ1) is 49.6. The summed E-state index contributed by atoms with van der Waals surface area (Å²) in [4.78, 5) is 12.4. The molecule has 0 aromatic rings. The molecule has 4 nitrogen and oxygen atoms in total. The Hall–Kier alpha value is -1.39. The molecule has 2 unspecified atom stereocenters. The number of allylic oxidation sites excluding steroid dienone is 5. The Morgan fingerprint density at radius 3 is 1.12 bits per heavy atom. The summed E-state index contributed by atoms with van der Waals surface area (Å²) in [6, 6.07) is -0.641. The van der Waals surface area contributed by atoms with Crippen LogP contribution in [0.3, 0.4) is 0 Å². The second-order valence-electron chi connectivity index (χ2n) is 15.5. The van der Waals surface area contributed by atoms with Crippen LogP contribution in [-0.4, -0.2) is 34.9 Å². The van der Waals surface area contributed by atoms with Gasteiger partial charge >= 0.3 is 0 Å². The predicted octanol–water partition coefficient (Wildman–Crippen LogP) is 14.2. The Kier molecular flexibility index (Phi) is 41.8. The molecule has 2 atom stereocenters. The summed E-state index contributed by atoms with van der Waals surface area (Å²) >= 11 is 0. The Bertz CT molecular complexity index is 775. The maximum absolute atomic E-state index is 12.4. The van der Waals surface area contributed by atoms with Crippen molar-refractivity contribution in [3.63, 3.8) is 0 Å². The minimum absolute atomic E-state index is 0.0761. The van der Waals surface area contributed by atoms with Gasteiger partial charge in [0.1, 0.15) is 0 Å². The van der Waals surface area contributed by atoms with Crippen LogP contribution in [0.5, 0.6) is 0 Å². The van der Waals surface area contributed by atoms with Gasteiger partial charge in [-0.2, -0.15) is 0 Å². The van der Waals surface area contributed by atoms with Crippen LogP contribution in [0.2, 0.25) is 0 Å². The third-order valence-corrected chi connectivity index (χ3v) is 10.4. The fraction of sp³-hybridized carbons (Fsp3) is 0.851. The van der Waals surface area contributed by atoms with E-state index in [-0.39, 0.29) is 12.5 Å². The quantitative estimate of drug-likeness (QED) is 0.0436. The zero-order chi connectivity index (χ0) is 37.1. The van der Waals surface area contributed by atoms with E-state index in [0.717, 1.165) is 38.5 Å². The number of aliphatic hydroxyl groups excluding tert-OH is 2. The molecule has 0 aromatic carbocycles. The molecule has 51 heavy (non-hydrogen) atoms. The lowest BCUT2D eigenvalue weighted by Gasteiger charge is -2.19. The minimum atomic E-state index is -0.866. The van der Waals surface area contributed by atoms with Crippen molar-refractivity contribution in [2.45, 2.75) is 251 Å². The minimum Gasteiger partial charge on any atom is -0.394 e. The van der Waals surface area contributed by atoms with Crippen molar-refractivity contribution in [3.8, 4) is 0 Å². The highest BCUT2D eigenvalue weighted by atomic mass is 16.3. The Balaban J connectivity index is 3.48. The average Bonchev–Trinajstić information content (AvgIpc) is 3.13. The SMILES string of the molecule is CCCC/C=C/CC/C=C/CC/C=C/C(O)C(CO)NC(=O)CCCCCCCCCCCCCCCCCCCCCCCCCCCCC. The van der Waals surface area contributed by atoms with E-state index >= 15 is 0 Å². The van der Waals surface area contributed by atoms with Gasteiger partial charge in [-0.15, -0.1) is 0 Å². The molecule has 0 aliphatic heterocycles. The van der Waals surface area contributed by atoms with Gasteiger partial charge in [0.25, 0.3) is 0 Å². The molecular formula is C47H89NO3. The predicted molar refractivity (Wildman–Crippen MR) is 225 cm³/mol. The van der Waals surface area contributed by atoms with Crippen LogP contribution in [0.25, 0.3) is 0 Å². The third-order valence-electron chi connectivity index (χ3n) is 10.4. The lowest BCUT2D eigenvalue weighted by molar-refractivity contribution is -0.123. The molecular weight excluding hydrogens is 627 g/mol. The van der Waals surface area contributed by atoms with Gasteiger partial charge < -0.3 is 15.5 Å². The van der Waals surface area contributed by atoms with Crippen molar-refractivity contribution in [1.82, 2.24) is 5.32 Å². The van der Waals surface area contributed by atoms with Crippen molar-refractivity contribution >= 4 is 5.91 Å². The molecule has 0 aromatic heterocycles. The van der Waals surface area contributed by atoms with Gasteiger partial charge in [-0.3, -0.25) is 4.79 Å². The van der Waals surface area contributed by atoms with Gasteiger partial charge in [0.15, 0.2) is 0 Å². The number of amides is 1. The van der Waals surface area contributed by atoms with Gasteiger partial charge in [-0.05, 0) is 38.5 Å². The van der Waals surface area contributed by atoms with Gasteiger partial charge in [0, 0.05) is 6.42 Å². The standard InChI is InChI=1S/C47H89NO3/c1-3-5-7-9-11-13-15-17-18-19-20-21-22-23-24-25-26-27-28-29-30-31-33-35-37-39-41-43-47(51)48-45(44-49)46(50)42-40-38-36-34-32-16-14-12-10-8-6-4-2/h10,12,32,34,40,42,45-46,49-50H,3-9,11,13-31,33,35-39,41,43-44H2,1-2H3,(H,48,51)/b12-10+,34-32+,42-40+. The fourth-order valence-corrected chi connectivity index (χ4v) is 6.84. The van der Waals surface area contributed by atoms with Crippen LogP contribution in [0.15, 0.2) is 36.5 Å². The molecule has 0 fully saturated rings. The maximum Gasteiger partial charge on any atom is 0.220 e. The number of carbonyl (C=O) groups is 1. The van der Waals surface area contributed by atoms with Crippen LogP contribution in [0.1, 0.15) is 239 Å².